The van der Waals surface area contributed by atoms with Crippen molar-refractivity contribution in [2.24, 2.45) is 0 Å². The van der Waals surface area contributed by atoms with Gasteiger partial charge >= 0.3 is 0 Å². The molecule has 0 aliphatic heterocycles. The van der Waals surface area contributed by atoms with Crippen molar-refractivity contribution >= 4 is 71.6 Å². The molecule has 2 aromatic heterocycles. The summed E-state index contributed by atoms with van der Waals surface area (Å²) in [6, 6.07) is 14.7. The minimum Gasteiger partial charge on any atom is -0.339 e. The van der Waals surface area contributed by atoms with E-state index in [-0.39, 0.29) is 0 Å². The quantitative estimate of drug-likeness (QED) is 0.302. The monoisotopic (exact) mass is 521 g/mol. The zero-order valence-corrected chi connectivity index (χ0v) is 17.8. The molecule has 124 valence electrons. The molecule has 0 saturated heterocycles. The number of aryl methyl sites for hydroxylation is 1. The average molecular weight is 522 g/mol. The van der Waals surface area contributed by atoms with Gasteiger partial charge in [0.25, 0.3) is 0 Å². The Kier molecular flexibility index (Phi) is 4.75. The minimum atomic E-state index is 0.841. The predicted octanol–water partition coefficient (Wildman–Crippen LogP) is 6.78. The SMILES string of the molecule is Cc1cc(I)ccc1Nc1ncnc2scc(-c3ccc(Br)cc3)c12. The minimum absolute atomic E-state index is 0.841. The Bertz CT molecular complexity index is 1060. The van der Waals surface area contributed by atoms with E-state index in [2.05, 4.69) is 109 Å². The number of hydrogen-bond donors (Lipinski definition) is 1. The molecule has 0 saturated carbocycles. The molecule has 0 aliphatic carbocycles. The summed E-state index contributed by atoms with van der Waals surface area (Å²) in [7, 11) is 0. The number of hydrogen-bond acceptors (Lipinski definition) is 4. The lowest BCUT2D eigenvalue weighted by Gasteiger charge is -2.11. The maximum atomic E-state index is 4.51. The normalized spacial score (nSPS) is 11.0. The van der Waals surface area contributed by atoms with E-state index in [9.17, 15) is 0 Å². The Morgan fingerprint density at radius 2 is 1.88 bits per heavy atom. The van der Waals surface area contributed by atoms with Crippen LogP contribution in [-0.2, 0) is 0 Å². The van der Waals surface area contributed by atoms with Crippen molar-refractivity contribution in [3.63, 3.8) is 0 Å². The maximum Gasteiger partial charge on any atom is 0.143 e. The molecule has 4 aromatic rings. The Morgan fingerprint density at radius 3 is 2.64 bits per heavy atom. The highest BCUT2D eigenvalue weighted by atomic mass is 127. The third-order valence-corrected chi connectivity index (χ3v) is 6.05. The first-order chi connectivity index (χ1) is 12.1. The third kappa shape index (κ3) is 3.43. The van der Waals surface area contributed by atoms with Crippen LogP contribution in [0.15, 0.2) is 58.6 Å². The molecule has 6 heteroatoms. The first-order valence-electron chi connectivity index (χ1n) is 7.63. The smallest absolute Gasteiger partial charge is 0.143 e. The molecule has 25 heavy (non-hydrogen) atoms. The van der Waals surface area contributed by atoms with Crippen molar-refractivity contribution in [2.45, 2.75) is 6.92 Å². The number of nitrogens with zero attached hydrogens (tertiary/aromatic N) is 2. The van der Waals surface area contributed by atoms with Crippen LogP contribution in [0.25, 0.3) is 21.3 Å². The van der Waals surface area contributed by atoms with Crippen LogP contribution in [0, 0.1) is 10.5 Å². The summed E-state index contributed by atoms with van der Waals surface area (Å²) in [5.74, 6) is 0.841. The van der Waals surface area contributed by atoms with Crippen molar-refractivity contribution in [3.05, 3.63) is 67.8 Å². The summed E-state index contributed by atoms with van der Waals surface area (Å²) in [5, 5.41) is 6.70. The fourth-order valence-electron chi connectivity index (χ4n) is 2.71. The molecule has 2 aromatic carbocycles. The van der Waals surface area contributed by atoms with Gasteiger partial charge in [-0.05, 0) is 71.0 Å². The number of benzene rings is 2. The molecule has 0 radical (unpaired) electrons. The first kappa shape index (κ1) is 16.9. The van der Waals surface area contributed by atoms with Gasteiger partial charge in [0.05, 0.1) is 5.39 Å². The molecule has 4 rings (SSSR count). The van der Waals surface area contributed by atoms with E-state index < -0.39 is 0 Å². The van der Waals surface area contributed by atoms with E-state index in [0.717, 1.165) is 37.3 Å². The van der Waals surface area contributed by atoms with Gasteiger partial charge in [-0.3, -0.25) is 0 Å². The van der Waals surface area contributed by atoms with E-state index >= 15 is 0 Å². The van der Waals surface area contributed by atoms with Crippen LogP contribution in [0.4, 0.5) is 11.5 Å². The molecule has 0 fully saturated rings. The second kappa shape index (κ2) is 7.01. The van der Waals surface area contributed by atoms with Gasteiger partial charge in [0.1, 0.15) is 17.0 Å². The lowest BCUT2D eigenvalue weighted by Crippen LogP contribution is -1.97. The van der Waals surface area contributed by atoms with Gasteiger partial charge in [-0.25, -0.2) is 9.97 Å². The molecule has 0 amide bonds. The van der Waals surface area contributed by atoms with Gasteiger partial charge in [-0.1, -0.05) is 28.1 Å². The van der Waals surface area contributed by atoms with Crippen molar-refractivity contribution < 1.29 is 0 Å². The first-order valence-corrected chi connectivity index (χ1v) is 10.4. The number of nitrogens with one attached hydrogen (secondary N) is 1. The summed E-state index contributed by atoms with van der Waals surface area (Å²) >= 11 is 7.46. The van der Waals surface area contributed by atoms with Crippen LogP contribution in [0.5, 0.6) is 0 Å². The number of halogens is 2. The van der Waals surface area contributed by atoms with Crippen LogP contribution in [0.3, 0.4) is 0 Å². The van der Waals surface area contributed by atoms with Gasteiger partial charge in [0.15, 0.2) is 0 Å². The van der Waals surface area contributed by atoms with Gasteiger partial charge in [0, 0.05) is 24.7 Å². The lowest BCUT2D eigenvalue weighted by atomic mass is 10.1. The van der Waals surface area contributed by atoms with E-state index in [0.29, 0.717) is 0 Å². The van der Waals surface area contributed by atoms with Crippen molar-refractivity contribution in [1.29, 1.82) is 0 Å². The van der Waals surface area contributed by atoms with Crippen LogP contribution in [-0.4, -0.2) is 9.97 Å². The molecule has 1 N–H and O–H groups in total. The van der Waals surface area contributed by atoms with Gasteiger partial charge in [-0.15, -0.1) is 11.3 Å². The molecular formula is C19H13BrIN3S. The molecule has 0 spiro atoms. The number of rotatable bonds is 3. The highest BCUT2D eigenvalue weighted by Gasteiger charge is 2.14. The molecule has 0 atom stereocenters. The Hall–Kier alpha value is -1.51. The van der Waals surface area contributed by atoms with Crippen LogP contribution in [0.2, 0.25) is 0 Å². The molecule has 0 aliphatic rings. The van der Waals surface area contributed by atoms with Crippen molar-refractivity contribution in [1.82, 2.24) is 9.97 Å². The van der Waals surface area contributed by atoms with Crippen LogP contribution >= 0.6 is 49.9 Å². The molecule has 3 nitrogen and oxygen atoms in total. The molecular weight excluding hydrogens is 509 g/mol. The largest absolute Gasteiger partial charge is 0.339 e. The van der Waals surface area contributed by atoms with Crippen molar-refractivity contribution in [2.75, 3.05) is 5.32 Å². The number of fused-ring (bicyclic) bond motifs is 1. The average Bonchev–Trinajstić information content (AvgIpc) is 3.03. The molecule has 0 bridgehead atoms. The Balaban J connectivity index is 1.84. The van der Waals surface area contributed by atoms with Gasteiger partial charge in [-0.2, -0.15) is 0 Å². The standard InChI is InChI=1S/C19H13BrIN3S/c1-11-8-14(21)6-7-16(11)24-18-17-15(9-25-19(17)23-10-22-18)12-2-4-13(20)5-3-12/h2-10H,1H3,(H,22,23,24). The van der Waals surface area contributed by atoms with E-state index in [1.165, 1.54) is 9.13 Å². The lowest BCUT2D eigenvalue weighted by molar-refractivity contribution is 1.23. The summed E-state index contributed by atoms with van der Waals surface area (Å²) in [4.78, 5) is 9.94. The van der Waals surface area contributed by atoms with Gasteiger partial charge < -0.3 is 5.32 Å². The van der Waals surface area contributed by atoms with Crippen LogP contribution < -0.4 is 5.32 Å². The molecule has 2 heterocycles. The summed E-state index contributed by atoms with van der Waals surface area (Å²) < 4.78 is 2.29. The fraction of sp³-hybridized carbons (Fsp3) is 0.0526. The maximum absolute atomic E-state index is 4.51. The van der Waals surface area contributed by atoms with Gasteiger partial charge in [0.2, 0.25) is 0 Å². The number of aromatic nitrogens is 2. The molecule has 0 unspecified atom stereocenters. The van der Waals surface area contributed by atoms with E-state index in [1.807, 2.05) is 0 Å². The number of thiophene rings is 1. The summed E-state index contributed by atoms with van der Waals surface area (Å²) in [6.07, 6.45) is 1.62. The van der Waals surface area contributed by atoms with Crippen molar-refractivity contribution in [3.8, 4) is 11.1 Å². The van der Waals surface area contributed by atoms with E-state index in [4.69, 9.17) is 0 Å². The summed E-state index contributed by atoms with van der Waals surface area (Å²) in [6.45, 7) is 2.10. The topological polar surface area (TPSA) is 37.8 Å². The van der Waals surface area contributed by atoms with Crippen LogP contribution in [0.1, 0.15) is 5.56 Å². The fourth-order valence-corrected chi connectivity index (χ4v) is 4.53. The second-order valence-electron chi connectivity index (χ2n) is 5.64. The summed E-state index contributed by atoms with van der Waals surface area (Å²) in [5.41, 5.74) is 4.57. The predicted molar refractivity (Wildman–Crippen MR) is 118 cm³/mol. The Labute approximate surface area is 171 Å². The Morgan fingerprint density at radius 1 is 1.08 bits per heavy atom. The second-order valence-corrected chi connectivity index (χ2v) is 8.66. The highest BCUT2D eigenvalue weighted by molar-refractivity contribution is 14.1. The zero-order chi connectivity index (χ0) is 17.4. The number of anilines is 2. The highest BCUT2D eigenvalue weighted by Crippen LogP contribution is 2.38. The van der Waals surface area contributed by atoms with E-state index in [1.54, 1.807) is 17.7 Å². The third-order valence-electron chi connectivity index (χ3n) is 3.97. The zero-order valence-electron chi connectivity index (χ0n) is 13.3.